The molecule has 1 saturated heterocycles. The van der Waals surface area contributed by atoms with Crippen molar-refractivity contribution >= 4 is 11.6 Å². The maximum atomic E-state index is 13.1. The molecule has 0 bridgehead atoms. The van der Waals surface area contributed by atoms with Crippen LogP contribution >= 0.6 is 0 Å². The molecule has 1 aliphatic heterocycles. The molecular weight excluding hydrogens is 333 g/mol. The van der Waals surface area contributed by atoms with Crippen LogP contribution in [0.25, 0.3) is 5.65 Å². The standard InChI is InChI=1S/C20H20FN3O2/c21-16-6-4-15(5-7-16)11-20(14-25)8-10-24(13-20)19(26)17-12-23-9-2-1-3-18(23)22-17/h1-7,9,12,25H,8,10-11,13-14H2. The van der Waals surface area contributed by atoms with Crippen molar-refractivity contribution in [1.29, 1.82) is 0 Å². The molecule has 1 N–H and O–H groups in total. The van der Waals surface area contributed by atoms with Gasteiger partial charge in [0.2, 0.25) is 0 Å². The summed E-state index contributed by atoms with van der Waals surface area (Å²) in [6.45, 7) is 1.03. The molecule has 26 heavy (non-hydrogen) atoms. The Bertz CT molecular complexity index is 905. The SMILES string of the molecule is O=C(c1cn2ccccc2n1)N1CCC(CO)(Cc2ccc(F)cc2)C1. The van der Waals surface area contributed by atoms with Gasteiger partial charge in [-0.1, -0.05) is 18.2 Å². The lowest BCUT2D eigenvalue weighted by Crippen LogP contribution is -2.35. The monoisotopic (exact) mass is 353 g/mol. The number of likely N-dealkylation sites (tertiary alicyclic amines) is 1. The number of carbonyl (C=O) groups is 1. The average molecular weight is 353 g/mol. The van der Waals surface area contributed by atoms with Gasteiger partial charge in [-0.25, -0.2) is 9.37 Å². The second-order valence-electron chi connectivity index (χ2n) is 7.03. The maximum Gasteiger partial charge on any atom is 0.274 e. The van der Waals surface area contributed by atoms with E-state index in [0.29, 0.717) is 31.6 Å². The predicted octanol–water partition coefficient (Wildman–Crippen LogP) is 2.54. The molecular formula is C20H20FN3O2. The van der Waals surface area contributed by atoms with Crippen LogP contribution in [0.5, 0.6) is 0 Å². The molecule has 1 aliphatic rings. The van der Waals surface area contributed by atoms with Gasteiger partial charge >= 0.3 is 0 Å². The quantitative estimate of drug-likeness (QED) is 0.784. The Balaban J connectivity index is 1.52. The van der Waals surface area contributed by atoms with Crippen LogP contribution < -0.4 is 0 Å². The Kier molecular flexibility index (Phi) is 4.20. The van der Waals surface area contributed by atoms with Gasteiger partial charge in [0, 0.05) is 30.9 Å². The van der Waals surface area contributed by atoms with Crippen molar-refractivity contribution < 1.29 is 14.3 Å². The second-order valence-corrected chi connectivity index (χ2v) is 7.03. The minimum Gasteiger partial charge on any atom is -0.396 e. The Morgan fingerprint density at radius 1 is 1.23 bits per heavy atom. The van der Waals surface area contributed by atoms with Crippen molar-refractivity contribution in [2.24, 2.45) is 5.41 Å². The summed E-state index contributed by atoms with van der Waals surface area (Å²) in [7, 11) is 0. The van der Waals surface area contributed by atoms with Gasteiger partial charge in [-0.2, -0.15) is 0 Å². The van der Waals surface area contributed by atoms with Gasteiger partial charge in [0.05, 0.1) is 6.61 Å². The number of imidazole rings is 1. The highest BCUT2D eigenvalue weighted by Crippen LogP contribution is 2.34. The summed E-state index contributed by atoms with van der Waals surface area (Å²) in [5.41, 5.74) is 1.70. The van der Waals surface area contributed by atoms with Crippen LogP contribution in [0.3, 0.4) is 0 Å². The van der Waals surface area contributed by atoms with E-state index in [9.17, 15) is 14.3 Å². The van der Waals surface area contributed by atoms with Gasteiger partial charge in [0.15, 0.2) is 0 Å². The first-order valence-electron chi connectivity index (χ1n) is 8.67. The van der Waals surface area contributed by atoms with Crippen LogP contribution in [0.15, 0.2) is 54.9 Å². The molecule has 134 valence electrons. The van der Waals surface area contributed by atoms with Gasteiger partial charge in [0.1, 0.15) is 17.2 Å². The molecule has 1 fully saturated rings. The summed E-state index contributed by atoms with van der Waals surface area (Å²) in [6.07, 6.45) is 4.91. The van der Waals surface area contributed by atoms with Crippen LogP contribution in [0, 0.1) is 11.2 Å². The lowest BCUT2D eigenvalue weighted by atomic mass is 9.81. The van der Waals surface area contributed by atoms with Gasteiger partial charge in [-0.05, 0) is 42.7 Å². The second kappa shape index (κ2) is 6.53. The number of hydrogen-bond acceptors (Lipinski definition) is 3. The third-order valence-corrected chi connectivity index (χ3v) is 5.14. The summed E-state index contributed by atoms with van der Waals surface area (Å²) >= 11 is 0. The maximum absolute atomic E-state index is 13.1. The number of aliphatic hydroxyl groups is 1. The zero-order valence-corrected chi connectivity index (χ0v) is 14.3. The van der Waals surface area contributed by atoms with Gasteiger partial charge in [-0.3, -0.25) is 4.79 Å². The van der Waals surface area contributed by atoms with Crippen molar-refractivity contribution in [3.63, 3.8) is 0 Å². The number of hydrogen-bond donors (Lipinski definition) is 1. The molecule has 1 atom stereocenters. The highest BCUT2D eigenvalue weighted by Gasteiger charge is 2.40. The van der Waals surface area contributed by atoms with Crippen LogP contribution in [0.2, 0.25) is 0 Å². The number of amides is 1. The van der Waals surface area contributed by atoms with Gasteiger partial charge in [0.25, 0.3) is 5.91 Å². The van der Waals surface area contributed by atoms with E-state index in [2.05, 4.69) is 4.98 Å². The molecule has 0 spiro atoms. The smallest absolute Gasteiger partial charge is 0.274 e. The first kappa shape index (κ1) is 16.7. The van der Waals surface area contributed by atoms with Crippen molar-refractivity contribution in [1.82, 2.24) is 14.3 Å². The normalized spacial score (nSPS) is 20.0. The Morgan fingerprint density at radius 2 is 2.04 bits per heavy atom. The van der Waals surface area contributed by atoms with E-state index in [1.807, 2.05) is 28.8 Å². The minimum absolute atomic E-state index is 0.0146. The van der Waals surface area contributed by atoms with E-state index in [-0.39, 0.29) is 18.3 Å². The van der Waals surface area contributed by atoms with E-state index in [1.54, 1.807) is 23.2 Å². The largest absolute Gasteiger partial charge is 0.396 e. The summed E-state index contributed by atoms with van der Waals surface area (Å²) in [4.78, 5) is 19.0. The number of halogens is 1. The zero-order valence-electron chi connectivity index (χ0n) is 14.3. The van der Waals surface area contributed by atoms with E-state index >= 15 is 0 Å². The molecule has 4 rings (SSSR count). The number of benzene rings is 1. The molecule has 3 heterocycles. The molecule has 1 aromatic carbocycles. The van der Waals surface area contributed by atoms with E-state index in [4.69, 9.17) is 0 Å². The van der Waals surface area contributed by atoms with Crippen molar-refractivity contribution in [2.75, 3.05) is 19.7 Å². The Labute approximate surface area is 150 Å². The fourth-order valence-electron chi connectivity index (χ4n) is 3.67. The fraction of sp³-hybridized carbons (Fsp3) is 0.300. The molecule has 0 aliphatic carbocycles. The first-order chi connectivity index (χ1) is 12.6. The molecule has 0 saturated carbocycles. The average Bonchev–Trinajstić information content (AvgIpc) is 3.28. The number of carbonyl (C=O) groups excluding carboxylic acids is 1. The Morgan fingerprint density at radius 3 is 2.77 bits per heavy atom. The van der Waals surface area contributed by atoms with Crippen molar-refractivity contribution in [3.05, 3.63) is 71.9 Å². The molecule has 5 nitrogen and oxygen atoms in total. The van der Waals surface area contributed by atoms with E-state index in [1.165, 1.54) is 12.1 Å². The molecule has 1 unspecified atom stereocenters. The molecule has 6 heteroatoms. The number of rotatable bonds is 4. The lowest BCUT2D eigenvalue weighted by molar-refractivity contribution is 0.0735. The van der Waals surface area contributed by atoms with Crippen molar-refractivity contribution in [2.45, 2.75) is 12.8 Å². The van der Waals surface area contributed by atoms with E-state index in [0.717, 1.165) is 11.2 Å². The van der Waals surface area contributed by atoms with E-state index < -0.39 is 5.41 Å². The lowest BCUT2D eigenvalue weighted by Gasteiger charge is -2.27. The molecule has 0 radical (unpaired) electrons. The fourth-order valence-corrected chi connectivity index (χ4v) is 3.67. The topological polar surface area (TPSA) is 57.8 Å². The number of fused-ring (bicyclic) bond motifs is 1. The van der Waals surface area contributed by atoms with Crippen LogP contribution in [0.4, 0.5) is 4.39 Å². The third kappa shape index (κ3) is 3.08. The highest BCUT2D eigenvalue weighted by atomic mass is 19.1. The van der Waals surface area contributed by atoms with Crippen LogP contribution in [-0.4, -0.2) is 45.0 Å². The summed E-state index contributed by atoms with van der Waals surface area (Å²) in [5.74, 6) is -0.398. The summed E-state index contributed by atoms with van der Waals surface area (Å²) in [6, 6.07) is 11.9. The number of nitrogens with zero attached hydrogens (tertiary/aromatic N) is 3. The molecule has 3 aromatic rings. The first-order valence-corrected chi connectivity index (χ1v) is 8.67. The highest BCUT2D eigenvalue weighted by molar-refractivity contribution is 5.93. The van der Waals surface area contributed by atoms with Gasteiger partial charge < -0.3 is 14.4 Å². The zero-order chi connectivity index (χ0) is 18.1. The number of pyridine rings is 1. The van der Waals surface area contributed by atoms with Crippen LogP contribution in [-0.2, 0) is 6.42 Å². The predicted molar refractivity (Wildman–Crippen MR) is 95.3 cm³/mol. The number of aromatic nitrogens is 2. The third-order valence-electron chi connectivity index (χ3n) is 5.14. The summed E-state index contributed by atoms with van der Waals surface area (Å²) < 4.78 is 14.9. The van der Waals surface area contributed by atoms with Crippen LogP contribution in [0.1, 0.15) is 22.5 Å². The Hall–Kier alpha value is -2.73. The molecule has 1 amide bonds. The minimum atomic E-state index is -0.396. The summed E-state index contributed by atoms with van der Waals surface area (Å²) in [5, 5.41) is 9.99. The van der Waals surface area contributed by atoms with Crippen molar-refractivity contribution in [3.8, 4) is 0 Å². The molecule has 2 aromatic heterocycles. The number of aliphatic hydroxyl groups excluding tert-OH is 1. The van der Waals surface area contributed by atoms with Gasteiger partial charge in [-0.15, -0.1) is 0 Å².